The van der Waals surface area contributed by atoms with Crippen LogP contribution in [-0.4, -0.2) is 22.8 Å². The predicted octanol–water partition coefficient (Wildman–Crippen LogP) is 27.4. The van der Waals surface area contributed by atoms with Crippen molar-refractivity contribution in [1.82, 2.24) is 22.8 Å². The third-order valence-corrected chi connectivity index (χ3v) is 22.6. The minimum Gasteiger partial charge on any atom is -0.313 e. The predicted molar refractivity (Wildman–Crippen MR) is 462 cm³/mol. The highest BCUT2D eigenvalue weighted by Crippen LogP contribution is 2.49. The Morgan fingerprint density at radius 2 is 0.418 bits per heavy atom. The van der Waals surface area contributed by atoms with E-state index in [1.54, 1.807) is 0 Å². The van der Waals surface area contributed by atoms with Crippen molar-refractivity contribution in [2.45, 2.75) is 12.8 Å². The lowest BCUT2D eigenvalue weighted by atomic mass is 10.0. The summed E-state index contributed by atoms with van der Waals surface area (Å²) >= 11 is 0. The topological polar surface area (TPSA) is 34.4 Å². The average Bonchev–Trinajstić information content (AvgIpc) is 1.57. The minimum atomic E-state index is 0.955. The van der Waals surface area contributed by atoms with Crippen LogP contribution in [0.4, 0.5) is 51.2 Å². The molecule has 0 amide bonds. The van der Waals surface area contributed by atoms with Crippen LogP contribution in [0.3, 0.4) is 0 Å². The third-order valence-electron chi connectivity index (χ3n) is 22.6. The summed E-state index contributed by atoms with van der Waals surface area (Å²) in [4.78, 5) is 7.43. The zero-order valence-electron chi connectivity index (χ0n) is 60.1. The monoisotopic (exact) mass is 1410 g/mol. The van der Waals surface area contributed by atoms with E-state index in [2.05, 4.69) is 438 Å². The summed E-state index contributed by atoms with van der Waals surface area (Å²) in [7, 11) is 0. The van der Waals surface area contributed by atoms with Gasteiger partial charge in [-0.2, -0.15) is 0 Å². The Balaban J connectivity index is 0.778. The molecular formula is C102H70N8. The van der Waals surface area contributed by atoms with Crippen LogP contribution in [0.5, 0.6) is 0 Å². The number of hydrogen-bond donors (Lipinski definition) is 0. The lowest BCUT2D eigenvalue weighted by Gasteiger charge is -2.31. The Morgan fingerprint density at radius 3 is 0.718 bits per heavy atom. The average molecular weight is 1410 g/mol. The molecule has 0 fully saturated rings. The molecule has 8 nitrogen and oxygen atoms in total. The molecule has 0 radical (unpaired) electrons. The molecule has 0 spiro atoms. The second kappa shape index (κ2) is 25.6. The highest BCUT2D eigenvalue weighted by molar-refractivity contribution is 6.15. The molecule has 110 heavy (non-hydrogen) atoms. The van der Waals surface area contributed by atoms with E-state index in [0.717, 1.165) is 136 Å². The van der Waals surface area contributed by atoms with Crippen molar-refractivity contribution in [1.29, 1.82) is 0 Å². The number of fused-ring (bicyclic) bond motifs is 15. The van der Waals surface area contributed by atoms with E-state index in [4.69, 9.17) is 0 Å². The molecule has 0 aliphatic heterocycles. The fourth-order valence-corrected chi connectivity index (χ4v) is 17.9. The second-order valence-electron chi connectivity index (χ2n) is 28.8. The van der Waals surface area contributed by atoms with Crippen LogP contribution >= 0.6 is 0 Å². The molecule has 8 heteroatoms. The molecule has 0 atom stereocenters. The first-order chi connectivity index (χ1) is 54.6. The van der Waals surface area contributed by atoms with Gasteiger partial charge in [0.05, 0.1) is 49.7 Å². The zero-order chi connectivity index (χ0) is 72.3. The molecule has 0 N–H and O–H groups in total. The van der Waals surface area contributed by atoms with Crippen LogP contribution in [-0.2, 0) is 6.42 Å². The highest BCUT2D eigenvalue weighted by atomic mass is 15.2. The normalized spacial score (nSPS) is 12.3. The van der Waals surface area contributed by atoms with Crippen LogP contribution < -0.4 is 14.7 Å². The second-order valence-corrected chi connectivity index (χ2v) is 28.8. The fraction of sp³-hybridized carbons (Fsp3) is 0.0196. The van der Waals surface area contributed by atoms with Crippen LogP contribution in [0.2, 0.25) is 0 Å². The minimum absolute atomic E-state index is 0.955. The molecule has 1 aliphatic rings. The van der Waals surface area contributed by atoms with E-state index in [-0.39, 0.29) is 0 Å². The van der Waals surface area contributed by atoms with Crippen LogP contribution in [0.15, 0.2) is 394 Å². The van der Waals surface area contributed by atoms with Crippen molar-refractivity contribution in [3.63, 3.8) is 0 Å². The molecule has 518 valence electrons. The maximum atomic E-state index is 2.49. The van der Waals surface area contributed by atoms with Gasteiger partial charge in [0, 0.05) is 139 Å². The van der Waals surface area contributed by atoms with Crippen molar-refractivity contribution in [3.8, 4) is 28.4 Å². The van der Waals surface area contributed by atoms with E-state index in [1.165, 1.54) is 65.6 Å². The van der Waals surface area contributed by atoms with Gasteiger partial charge in [-0.05, 0) is 225 Å². The van der Waals surface area contributed by atoms with E-state index < -0.39 is 0 Å². The van der Waals surface area contributed by atoms with Crippen molar-refractivity contribution >= 4 is 155 Å². The van der Waals surface area contributed by atoms with Gasteiger partial charge >= 0.3 is 0 Å². The maximum absolute atomic E-state index is 2.49. The number of rotatable bonds is 14. The van der Waals surface area contributed by atoms with E-state index in [9.17, 15) is 0 Å². The summed E-state index contributed by atoms with van der Waals surface area (Å²) in [5, 5.41) is 10.6. The molecule has 0 saturated heterocycles. The largest absolute Gasteiger partial charge is 0.313 e. The molecule has 16 aromatic carbocycles. The van der Waals surface area contributed by atoms with Gasteiger partial charge in [-0.15, -0.1) is 0 Å². The van der Waals surface area contributed by atoms with Crippen molar-refractivity contribution in [2.24, 2.45) is 0 Å². The summed E-state index contributed by atoms with van der Waals surface area (Å²) in [5.74, 6) is 0. The summed E-state index contributed by atoms with van der Waals surface area (Å²) in [6, 6.07) is 143. The Morgan fingerprint density at radius 1 is 0.182 bits per heavy atom. The van der Waals surface area contributed by atoms with Gasteiger partial charge in [-0.25, -0.2) is 0 Å². The van der Waals surface area contributed by atoms with Crippen molar-refractivity contribution < 1.29 is 0 Å². The molecule has 21 aromatic rings. The molecule has 22 rings (SSSR count). The Hall–Kier alpha value is -14.6. The third kappa shape index (κ3) is 10.1. The van der Waals surface area contributed by atoms with Gasteiger partial charge in [0.1, 0.15) is 0 Å². The molecule has 0 unspecified atom stereocenters. The van der Waals surface area contributed by atoms with Gasteiger partial charge in [-0.3, -0.25) is 0 Å². The van der Waals surface area contributed by atoms with Gasteiger partial charge in [-0.1, -0.05) is 188 Å². The summed E-state index contributed by atoms with van der Waals surface area (Å²) in [6.45, 7) is 0. The van der Waals surface area contributed by atoms with E-state index in [1.807, 2.05) is 0 Å². The molecular weight excluding hydrogens is 1340 g/mol. The molecule has 0 saturated carbocycles. The lowest BCUT2D eigenvalue weighted by Crippen LogP contribution is -2.14. The number of anilines is 9. The molecule has 5 heterocycles. The first-order valence-corrected chi connectivity index (χ1v) is 37.9. The Bertz CT molecular complexity index is 7070. The number of allylic oxidation sites excluding steroid dienone is 1. The Labute approximate surface area is 635 Å². The first kappa shape index (κ1) is 62.7. The van der Waals surface area contributed by atoms with Crippen LogP contribution in [0.1, 0.15) is 17.7 Å². The number of aromatic nitrogens is 5. The van der Waals surface area contributed by atoms with Crippen LogP contribution in [0, 0.1) is 0 Å². The van der Waals surface area contributed by atoms with Crippen molar-refractivity contribution in [3.05, 3.63) is 406 Å². The van der Waals surface area contributed by atoms with E-state index in [0.29, 0.717) is 0 Å². The first-order valence-electron chi connectivity index (χ1n) is 37.9. The van der Waals surface area contributed by atoms with Gasteiger partial charge < -0.3 is 37.5 Å². The number of hydrogen-bond acceptors (Lipinski definition) is 3. The van der Waals surface area contributed by atoms with Gasteiger partial charge in [0.2, 0.25) is 0 Å². The van der Waals surface area contributed by atoms with Crippen LogP contribution in [0.25, 0.3) is 133 Å². The SMILES string of the molecule is C1=Cc2c(n(-c3ccccc3)c3ccc(N(c4cccc(N(c5cccc(N(c6ccc7c(c6)c6ccccc6n7-c6ccccc6)c6ccc7c(c6)c6ccccc6n7-c6ccccc6)c5)c5ccc6c(c5)c5ccccc5n6-c5ccccc5)c4)c4ccc5c(c4)c4ccccc4n5-c4ccccc4)cc23)CC1. The van der Waals surface area contributed by atoms with Gasteiger partial charge in [0.25, 0.3) is 0 Å². The maximum Gasteiger partial charge on any atom is 0.0542 e. The van der Waals surface area contributed by atoms with Crippen molar-refractivity contribution in [2.75, 3.05) is 14.7 Å². The summed E-state index contributed by atoms with van der Waals surface area (Å²) in [6.07, 6.45) is 6.64. The summed E-state index contributed by atoms with van der Waals surface area (Å²) < 4.78 is 12.1. The molecule has 1 aliphatic carbocycles. The number of benzene rings is 16. The fourth-order valence-electron chi connectivity index (χ4n) is 17.9. The Kier molecular flexibility index (Phi) is 14.6. The lowest BCUT2D eigenvalue weighted by molar-refractivity contribution is 0.888. The number of nitrogens with zero attached hydrogens (tertiary/aromatic N) is 8. The standard InChI is InChI=1S/C102H70N8/c1-6-28-69(29-7-1)106-93-47-21-16-42-83(93)88-64-78(52-57-98(88)106)103(74-38-26-40-76(62-74)104(79-53-58-99-89(65-79)84-43-17-22-48-94(84)107(99)70-30-8-2-9-31-70)80-54-59-100-90(66-80)85-44-18-23-49-95(85)108(100)71-32-10-3-11-33-71)75-39-27-41-77(63-75)105(81-55-60-101-91(67-81)86-45-19-24-50-96(86)109(101)72-34-12-4-13-35-72)82-56-61-102-92(68-82)87-46-20-25-51-97(87)110(102)73-36-14-5-15-37-73/h1-24,26-50,52-68H,25,51H2. The van der Waals surface area contributed by atoms with E-state index >= 15 is 0 Å². The highest BCUT2D eigenvalue weighted by Gasteiger charge is 2.27. The molecule has 5 aromatic heterocycles. The quantitative estimate of drug-likeness (QED) is 0.109. The van der Waals surface area contributed by atoms with Gasteiger partial charge in [0.15, 0.2) is 0 Å². The molecule has 0 bridgehead atoms. The smallest absolute Gasteiger partial charge is 0.0542 e. The summed E-state index contributed by atoms with van der Waals surface area (Å²) in [5.41, 5.74) is 27.8. The number of para-hydroxylation sites is 9. The zero-order valence-corrected chi connectivity index (χ0v) is 60.1.